The average molecular weight is 281 g/mol. The molecular weight excluding hydrogens is 257 g/mol. The minimum Gasteiger partial charge on any atom is -0.379 e. The fourth-order valence-corrected chi connectivity index (χ4v) is 2.97. The first-order valence-electron chi connectivity index (χ1n) is 6.31. The van der Waals surface area contributed by atoms with Crippen LogP contribution < -0.4 is 0 Å². The van der Waals surface area contributed by atoms with Crippen LogP contribution in [-0.2, 0) is 25.6 Å². The van der Waals surface area contributed by atoms with Crippen molar-refractivity contribution in [2.24, 2.45) is 0 Å². The first-order chi connectivity index (χ1) is 8.14. The summed E-state index contributed by atoms with van der Waals surface area (Å²) in [7, 11) is 0. The molecule has 0 aromatic rings. The van der Waals surface area contributed by atoms with Gasteiger partial charge in [0.25, 0.3) is 0 Å². The second-order valence-electron chi connectivity index (χ2n) is 4.25. The van der Waals surface area contributed by atoms with E-state index in [0.717, 1.165) is 52.3 Å². The molecule has 0 aromatic carbocycles. The molecule has 0 aliphatic carbocycles. The summed E-state index contributed by atoms with van der Waals surface area (Å²) in [5.41, 5.74) is 0. The predicted octanol–water partition coefficient (Wildman–Crippen LogP) is 2.09. The molecule has 1 rings (SSSR count). The van der Waals surface area contributed by atoms with E-state index in [-0.39, 0.29) is 0 Å². The van der Waals surface area contributed by atoms with E-state index in [1.54, 1.807) is 0 Å². The SMILES string of the molecule is CCCCOP(C)(=S)OCCN1CCOCC1. The van der Waals surface area contributed by atoms with Crippen LogP contribution in [0.3, 0.4) is 0 Å². The van der Waals surface area contributed by atoms with Crippen LogP contribution in [0.25, 0.3) is 0 Å². The molecule has 0 saturated carbocycles. The van der Waals surface area contributed by atoms with Crippen LogP contribution in [0.4, 0.5) is 0 Å². The highest BCUT2D eigenvalue weighted by Crippen LogP contribution is 2.44. The molecule has 6 heteroatoms. The van der Waals surface area contributed by atoms with Gasteiger partial charge in [0.05, 0.1) is 26.4 Å². The van der Waals surface area contributed by atoms with Gasteiger partial charge in [-0.25, -0.2) is 0 Å². The number of hydrogen-bond donors (Lipinski definition) is 0. The van der Waals surface area contributed by atoms with Gasteiger partial charge in [0.2, 0.25) is 0 Å². The molecule has 17 heavy (non-hydrogen) atoms. The Morgan fingerprint density at radius 1 is 1.24 bits per heavy atom. The fraction of sp³-hybridized carbons (Fsp3) is 1.00. The van der Waals surface area contributed by atoms with E-state index >= 15 is 0 Å². The first-order valence-corrected chi connectivity index (χ1v) is 9.39. The van der Waals surface area contributed by atoms with E-state index < -0.39 is 6.49 Å². The maximum atomic E-state index is 5.70. The van der Waals surface area contributed by atoms with E-state index in [4.69, 9.17) is 25.6 Å². The normalized spacial score (nSPS) is 21.3. The molecule has 4 nitrogen and oxygen atoms in total. The molecule has 0 spiro atoms. The molecular formula is C11H24NO3PS. The van der Waals surface area contributed by atoms with Gasteiger partial charge in [0, 0.05) is 26.3 Å². The van der Waals surface area contributed by atoms with Crippen molar-refractivity contribution in [2.75, 3.05) is 52.7 Å². The third kappa shape index (κ3) is 7.50. The summed E-state index contributed by atoms with van der Waals surface area (Å²) >= 11 is 5.35. The molecule has 1 saturated heterocycles. The van der Waals surface area contributed by atoms with Crippen LogP contribution in [0.15, 0.2) is 0 Å². The van der Waals surface area contributed by atoms with Gasteiger partial charge >= 0.3 is 0 Å². The number of rotatable bonds is 8. The minimum atomic E-state index is -2.01. The van der Waals surface area contributed by atoms with Crippen molar-refractivity contribution in [1.29, 1.82) is 0 Å². The number of unbranched alkanes of at least 4 members (excludes halogenated alkanes) is 1. The number of ether oxygens (including phenoxy) is 1. The van der Waals surface area contributed by atoms with E-state index in [1.807, 2.05) is 6.66 Å². The van der Waals surface area contributed by atoms with Gasteiger partial charge in [0.15, 0.2) is 6.49 Å². The largest absolute Gasteiger partial charge is 0.379 e. The van der Waals surface area contributed by atoms with Crippen molar-refractivity contribution in [3.05, 3.63) is 0 Å². The molecule has 0 bridgehead atoms. The topological polar surface area (TPSA) is 30.9 Å². The summed E-state index contributed by atoms with van der Waals surface area (Å²) < 4.78 is 16.6. The van der Waals surface area contributed by atoms with E-state index in [9.17, 15) is 0 Å². The van der Waals surface area contributed by atoms with Crippen molar-refractivity contribution < 1.29 is 13.8 Å². The Morgan fingerprint density at radius 2 is 1.88 bits per heavy atom. The monoisotopic (exact) mass is 281 g/mol. The fourth-order valence-electron chi connectivity index (χ4n) is 1.57. The Kier molecular flexibility index (Phi) is 7.84. The molecule has 1 unspecified atom stereocenters. The Morgan fingerprint density at radius 3 is 2.53 bits per heavy atom. The van der Waals surface area contributed by atoms with Crippen molar-refractivity contribution in [1.82, 2.24) is 4.90 Å². The van der Waals surface area contributed by atoms with Gasteiger partial charge in [-0.3, -0.25) is 4.90 Å². The maximum absolute atomic E-state index is 5.70. The maximum Gasteiger partial charge on any atom is 0.185 e. The lowest BCUT2D eigenvalue weighted by atomic mass is 10.4. The standard InChI is InChI=1S/C11H24NO3PS/c1-3-4-8-14-16(2,17)15-11-7-12-5-9-13-10-6-12/h3-11H2,1-2H3. The van der Waals surface area contributed by atoms with Crippen molar-refractivity contribution in [2.45, 2.75) is 19.8 Å². The molecule has 1 aliphatic rings. The summed E-state index contributed by atoms with van der Waals surface area (Å²) in [5, 5.41) is 0. The summed E-state index contributed by atoms with van der Waals surface area (Å²) in [6.07, 6.45) is 2.18. The van der Waals surface area contributed by atoms with Crippen LogP contribution in [0.1, 0.15) is 19.8 Å². The summed E-state index contributed by atoms with van der Waals surface area (Å²) in [4.78, 5) is 2.34. The lowest BCUT2D eigenvalue weighted by Crippen LogP contribution is -2.38. The van der Waals surface area contributed by atoms with Crippen LogP contribution >= 0.6 is 6.49 Å². The molecule has 0 amide bonds. The Hall–Kier alpha value is 0.490. The minimum absolute atomic E-state index is 0.667. The molecule has 1 atom stereocenters. The lowest BCUT2D eigenvalue weighted by molar-refractivity contribution is 0.0320. The molecule has 0 N–H and O–H groups in total. The van der Waals surface area contributed by atoms with Gasteiger partial charge in [-0.2, -0.15) is 0 Å². The molecule has 0 radical (unpaired) electrons. The number of morpholine rings is 1. The Labute approximate surface area is 110 Å². The molecule has 1 aliphatic heterocycles. The number of nitrogens with zero attached hydrogens (tertiary/aromatic N) is 1. The smallest absolute Gasteiger partial charge is 0.185 e. The molecule has 102 valence electrons. The summed E-state index contributed by atoms with van der Waals surface area (Å²) in [5.74, 6) is 0. The lowest BCUT2D eigenvalue weighted by Gasteiger charge is -2.27. The second kappa shape index (κ2) is 8.57. The van der Waals surface area contributed by atoms with E-state index in [0.29, 0.717) is 6.61 Å². The highest BCUT2D eigenvalue weighted by molar-refractivity contribution is 8.09. The van der Waals surface area contributed by atoms with Gasteiger partial charge in [-0.15, -0.1) is 0 Å². The van der Waals surface area contributed by atoms with Gasteiger partial charge < -0.3 is 13.8 Å². The summed E-state index contributed by atoms with van der Waals surface area (Å²) in [6.45, 7) is 7.99. The van der Waals surface area contributed by atoms with Gasteiger partial charge in [-0.05, 0) is 18.2 Å². The second-order valence-corrected chi connectivity index (χ2v) is 8.29. The molecule has 1 heterocycles. The van der Waals surface area contributed by atoms with Crippen LogP contribution in [0.2, 0.25) is 0 Å². The Bertz CT molecular complexity index is 247. The average Bonchev–Trinajstić information content (AvgIpc) is 2.30. The van der Waals surface area contributed by atoms with Crippen LogP contribution in [0.5, 0.6) is 0 Å². The third-order valence-corrected chi connectivity index (χ3v) is 4.60. The summed E-state index contributed by atoms with van der Waals surface area (Å²) in [6, 6.07) is 0. The van der Waals surface area contributed by atoms with E-state index in [2.05, 4.69) is 11.8 Å². The van der Waals surface area contributed by atoms with E-state index in [1.165, 1.54) is 0 Å². The quantitative estimate of drug-likeness (QED) is 0.502. The Balaban J connectivity index is 2.09. The van der Waals surface area contributed by atoms with Crippen LogP contribution in [0, 0.1) is 0 Å². The highest BCUT2D eigenvalue weighted by atomic mass is 32.5. The zero-order valence-electron chi connectivity index (χ0n) is 10.9. The van der Waals surface area contributed by atoms with Crippen molar-refractivity contribution >= 4 is 18.3 Å². The first kappa shape index (κ1) is 15.5. The zero-order valence-corrected chi connectivity index (χ0v) is 12.6. The third-order valence-electron chi connectivity index (χ3n) is 2.66. The van der Waals surface area contributed by atoms with Gasteiger partial charge in [0.1, 0.15) is 0 Å². The van der Waals surface area contributed by atoms with Gasteiger partial charge in [-0.1, -0.05) is 13.3 Å². The highest BCUT2D eigenvalue weighted by Gasteiger charge is 2.14. The van der Waals surface area contributed by atoms with Crippen molar-refractivity contribution in [3.8, 4) is 0 Å². The van der Waals surface area contributed by atoms with Crippen molar-refractivity contribution in [3.63, 3.8) is 0 Å². The number of hydrogen-bond acceptors (Lipinski definition) is 5. The molecule has 1 fully saturated rings. The zero-order chi connectivity index (χ0) is 12.6. The predicted molar refractivity (Wildman–Crippen MR) is 74.3 cm³/mol. The molecule has 0 aromatic heterocycles. The van der Waals surface area contributed by atoms with Crippen LogP contribution in [-0.4, -0.2) is 57.6 Å².